The lowest BCUT2D eigenvalue weighted by Crippen LogP contribution is -1.99. The van der Waals surface area contributed by atoms with Crippen molar-refractivity contribution in [1.82, 2.24) is 4.90 Å². The maximum absolute atomic E-state index is 9.06. The van der Waals surface area contributed by atoms with E-state index in [9.17, 15) is 0 Å². The molecule has 0 saturated heterocycles. The maximum atomic E-state index is 9.06. The molecule has 1 unspecified atom stereocenters. The van der Waals surface area contributed by atoms with Gasteiger partial charge in [-0.05, 0) is 34.5 Å². The molecule has 0 saturated carbocycles. The summed E-state index contributed by atoms with van der Waals surface area (Å²) < 4.78 is 0. The molecule has 0 aromatic rings. The normalized spacial score (nSPS) is 12.1. The molecule has 153 valence electrons. The van der Waals surface area contributed by atoms with Crippen LogP contribution in [0.5, 0.6) is 0 Å². The van der Waals surface area contributed by atoms with E-state index in [0.29, 0.717) is 0 Å². The summed E-state index contributed by atoms with van der Waals surface area (Å²) in [6.45, 7) is 5.89. The second kappa shape index (κ2) is 23.9. The largest absolute Gasteiger partial charge is 0.393 e. The highest BCUT2D eigenvalue weighted by Gasteiger charge is 1.96. The van der Waals surface area contributed by atoms with Crippen molar-refractivity contribution in [3.8, 4) is 0 Å². The van der Waals surface area contributed by atoms with Gasteiger partial charge in [0, 0.05) is 0 Å². The van der Waals surface area contributed by atoms with Gasteiger partial charge in [-0.2, -0.15) is 0 Å². The molecule has 0 aromatic carbocycles. The Bertz CT molecular complexity index is 213. The number of aliphatic hydroxyl groups excluding tert-OH is 1. The van der Waals surface area contributed by atoms with E-state index in [1.165, 1.54) is 96.3 Å². The van der Waals surface area contributed by atoms with Gasteiger partial charge in [-0.15, -0.1) is 0 Å². The summed E-state index contributed by atoms with van der Waals surface area (Å²) in [6, 6.07) is 0. The zero-order valence-corrected chi connectivity index (χ0v) is 18.2. The minimum absolute atomic E-state index is 0.350. The van der Waals surface area contributed by atoms with Gasteiger partial charge in [0.05, 0.1) is 6.10 Å². The third-order valence-corrected chi connectivity index (χ3v) is 4.39. The van der Waals surface area contributed by atoms with E-state index in [1.54, 1.807) is 0 Å². The standard InChI is InChI=1S/C20H41O.C3H9N/c1-3-4-5-6-7-8-9-10-11-12-13-14-15-16-17-18-19-20(2)21;1-4(2)3/h20-21H,2-19H2,1H3;1-3H3. The first kappa shape index (κ1) is 27.1. The Morgan fingerprint density at radius 2 is 0.840 bits per heavy atom. The van der Waals surface area contributed by atoms with E-state index in [0.717, 1.165) is 12.8 Å². The number of aliphatic hydroxyl groups is 1. The van der Waals surface area contributed by atoms with Crippen molar-refractivity contribution in [3.63, 3.8) is 0 Å². The Hall–Kier alpha value is -0.0800. The average molecular weight is 357 g/mol. The predicted octanol–water partition coefficient (Wildman–Crippen LogP) is 7.01. The molecule has 0 fully saturated rings. The molecule has 25 heavy (non-hydrogen) atoms. The van der Waals surface area contributed by atoms with E-state index >= 15 is 0 Å². The number of hydrogen-bond donors (Lipinski definition) is 1. The first-order chi connectivity index (χ1) is 12.0. The Labute approximate surface area is 160 Å². The molecular weight excluding hydrogens is 306 g/mol. The molecule has 0 bridgehead atoms. The molecule has 2 heteroatoms. The second-order valence-electron chi connectivity index (χ2n) is 8.09. The van der Waals surface area contributed by atoms with Crippen LogP contribution in [-0.2, 0) is 0 Å². The molecule has 0 aliphatic heterocycles. The molecule has 0 amide bonds. The zero-order chi connectivity index (χ0) is 19.2. The minimum Gasteiger partial charge on any atom is -0.393 e. The number of unbranched alkanes of at least 4 members (excludes halogenated alkanes) is 15. The summed E-state index contributed by atoms with van der Waals surface area (Å²) in [5.41, 5.74) is 0. The van der Waals surface area contributed by atoms with Crippen molar-refractivity contribution < 1.29 is 5.11 Å². The second-order valence-corrected chi connectivity index (χ2v) is 8.09. The van der Waals surface area contributed by atoms with Gasteiger partial charge in [0.15, 0.2) is 0 Å². The van der Waals surface area contributed by atoms with Crippen LogP contribution in [-0.4, -0.2) is 37.3 Å². The summed E-state index contributed by atoms with van der Waals surface area (Å²) in [5, 5.41) is 9.06. The fraction of sp³-hybridized carbons (Fsp3) is 0.957. The average Bonchev–Trinajstić information content (AvgIpc) is 2.53. The molecule has 0 rings (SSSR count). The van der Waals surface area contributed by atoms with Gasteiger partial charge >= 0.3 is 0 Å². The third kappa shape index (κ3) is 35.8. The van der Waals surface area contributed by atoms with Crippen molar-refractivity contribution in [1.29, 1.82) is 0 Å². The van der Waals surface area contributed by atoms with Gasteiger partial charge in [0.2, 0.25) is 0 Å². The molecule has 0 spiro atoms. The smallest absolute Gasteiger partial charge is 0.0541 e. The van der Waals surface area contributed by atoms with Crippen LogP contribution in [0.1, 0.15) is 116 Å². The van der Waals surface area contributed by atoms with E-state index < -0.39 is 0 Å². The van der Waals surface area contributed by atoms with Gasteiger partial charge in [0.25, 0.3) is 0 Å². The first-order valence-electron chi connectivity index (χ1n) is 11.1. The van der Waals surface area contributed by atoms with Gasteiger partial charge < -0.3 is 10.0 Å². The van der Waals surface area contributed by atoms with Crippen molar-refractivity contribution in [3.05, 3.63) is 6.92 Å². The lowest BCUT2D eigenvalue weighted by molar-refractivity contribution is 0.205. The molecule has 0 aromatic heterocycles. The van der Waals surface area contributed by atoms with Gasteiger partial charge in [0.1, 0.15) is 0 Å². The molecule has 1 N–H and O–H groups in total. The van der Waals surface area contributed by atoms with Crippen LogP contribution < -0.4 is 0 Å². The van der Waals surface area contributed by atoms with Crippen molar-refractivity contribution in [2.75, 3.05) is 21.1 Å². The van der Waals surface area contributed by atoms with Crippen LogP contribution in [0.4, 0.5) is 0 Å². The summed E-state index contributed by atoms with van der Waals surface area (Å²) in [6.07, 6.45) is 22.9. The molecule has 1 atom stereocenters. The third-order valence-electron chi connectivity index (χ3n) is 4.39. The number of rotatable bonds is 17. The van der Waals surface area contributed by atoms with Crippen LogP contribution in [0.25, 0.3) is 0 Å². The zero-order valence-electron chi connectivity index (χ0n) is 18.2. The summed E-state index contributed by atoms with van der Waals surface area (Å²) in [4.78, 5) is 2.00. The molecule has 2 nitrogen and oxygen atoms in total. The Balaban J connectivity index is 0. The molecule has 1 radical (unpaired) electrons. The highest BCUT2D eigenvalue weighted by Crippen LogP contribution is 2.14. The van der Waals surface area contributed by atoms with Gasteiger partial charge in [-0.25, -0.2) is 0 Å². The van der Waals surface area contributed by atoms with Crippen LogP contribution in [0, 0.1) is 6.92 Å². The SMILES string of the molecule is CN(C)C.[CH2]C(O)CCCCCCCCCCCCCCCCCC. The molecule has 0 heterocycles. The van der Waals surface area contributed by atoms with Crippen LogP contribution >= 0.6 is 0 Å². The Kier molecular flexibility index (Phi) is 26.0. The topological polar surface area (TPSA) is 23.5 Å². The van der Waals surface area contributed by atoms with E-state index in [4.69, 9.17) is 5.11 Å². The van der Waals surface area contributed by atoms with Crippen molar-refractivity contribution in [2.45, 2.75) is 122 Å². The Morgan fingerprint density at radius 1 is 0.600 bits per heavy atom. The summed E-state index contributed by atoms with van der Waals surface area (Å²) >= 11 is 0. The fourth-order valence-electron chi connectivity index (χ4n) is 2.93. The number of hydrogen-bond acceptors (Lipinski definition) is 2. The molecular formula is C23H50NO. The first-order valence-corrected chi connectivity index (χ1v) is 11.1. The van der Waals surface area contributed by atoms with Crippen LogP contribution in [0.15, 0.2) is 0 Å². The Morgan fingerprint density at radius 3 is 1.08 bits per heavy atom. The summed E-state index contributed by atoms with van der Waals surface area (Å²) in [7, 11) is 6.00. The minimum atomic E-state index is -0.350. The summed E-state index contributed by atoms with van der Waals surface area (Å²) in [5.74, 6) is 0. The fourth-order valence-corrected chi connectivity index (χ4v) is 2.93. The lowest BCUT2D eigenvalue weighted by Gasteiger charge is -2.04. The van der Waals surface area contributed by atoms with Crippen molar-refractivity contribution >= 4 is 0 Å². The molecule has 0 aliphatic carbocycles. The lowest BCUT2D eigenvalue weighted by atomic mass is 10.0. The highest BCUT2D eigenvalue weighted by atomic mass is 16.3. The van der Waals surface area contributed by atoms with E-state index in [-0.39, 0.29) is 6.10 Å². The predicted molar refractivity (Wildman–Crippen MR) is 115 cm³/mol. The highest BCUT2D eigenvalue weighted by molar-refractivity contribution is 4.56. The van der Waals surface area contributed by atoms with E-state index in [2.05, 4.69) is 13.8 Å². The van der Waals surface area contributed by atoms with Gasteiger partial charge in [-0.1, -0.05) is 110 Å². The molecule has 0 aliphatic rings. The monoisotopic (exact) mass is 356 g/mol. The quantitative estimate of drug-likeness (QED) is 0.283. The van der Waals surface area contributed by atoms with Crippen LogP contribution in [0.3, 0.4) is 0 Å². The van der Waals surface area contributed by atoms with Gasteiger partial charge in [-0.3, -0.25) is 0 Å². The van der Waals surface area contributed by atoms with E-state index in [1.807, 2.05) is 26.0 Å². The van der Waals surface area contributed by atoms with Crippen molar-refractivity contribution in [2.24, 2.45) is 0 Å². The van der Waals surface area contributed by atoms with Crippen LogP contribution in [0.2, 0.25) is 0 Å². The maximum Gasteiger partial charge on any atom is 0.0541 e. The number of nitrogens with zero attached hydrogens (tertiary/aromatic N) is 1.